The van der Waals surface area contributed by atoms with Crippen molar-refractivity contribution in [2.45, 2.75) is 32.9 Å². The van der Waals surface area contributed by atoms with Gasteiger partial charge >= 0.3 is 6.18 Å². The zero-order valence-electron chi connectivity index (χ0n) is 16.5. The highest BCUT2D eigenvalue weighted by atomic mass is 35.5. The second kappa shape index (κ2) is 7.88. The fourth-order valence-corrected chi connectivity index (χ4v) is 3.50. The second-order valence-electron chi connectivity index (χ2n) is 6.93. The summed E-state index contributed by atoms with van der Waals surface area (Å²) in [6.45, 7) is 4.08. The molecule has 1 amide bonds. The first-order valence-corrected chi connectivity index (χ1v) is 9.70. The molecule has 8 nitrogen and oxygen atoms in total. The van der Waals surface area contributed by atoms with E-state index in [1.807, 2.05) is 0 Å². The van der Waals surface area contributed by atoms with E-state index in [1.165, 1.54) is 0 Å². The summed E-state index contributed by atoms with van der Waals surface area (Å²) in [5.41, 5.74) is 1.92. The number of halogens is 4. The molecule has 164 valence electrons. The average molecular weight is 456 g/mol. The Balaban J connectivity index is 1.51. The van der Waals surface area contributed by atoms with E-state index in [2.05, 4.69) is 20.4 Å². The normalized spacial score (nSPS) is 13.5. The lowest BCUT2D eigenvalue weighted by molar-refractivity contribution is -0.144. The molecular weight excluding hydrogens is 439 g/mol. The van der Waals surface area contributed by atoms with Gasteiger partial charge in [-0.25, -0.2) is 9.50 Å². The van der Waals surface area contributed by atoms with Crippen LogP contribution < -0.4 is 14.8 Å². The van der Waals surface area contributed by atoms with Gasteiger partial charge in [-0.05, 0) is 25.8 Å². The van der Waals surface area contributed by atoms with E-state index in [9.17, 15) is 18.0 Å². The Hall–Kier alpha value is -3.08. The number of benzene rings is 1. The molecule has 0 spiro atoms. The van der Waals surface area contributed by atoms with Gasteiger partial charge in [0.15, 0.2) is 11.5 Å². The van der Waals surface area contributed by atoms with Gasteiger partial charge in [0.2, 0.25) is 5.91 Å². The van der Waals surface area contributed by atoms with Crippen molar-refractivity contribution in [3.05, 3.63) is 39.9 Å². The molecule has 0 bridgehead atoms. The quantitative estimate of drug-likeness (QED) is 0.644. The lowest BCUT2D eigenvalue weighted by atomic mass is 10.1. The fraction of sp³-hybridized carbons (Fsp3) is 0.368. The number of aromatic nitrogens is 4. The zero-order valence-corrected chi connectivity index (χ0v) is 17.3. The molecule has 31 heavy (non-hydrogen) atoms. The van der Waals surface area contributed by atoms with Crippen molar-refractivity contribution >= 4 is 29.0 Å². The standard InChI is InChI=1S/C19H17ClF3N5O3/c1-9-11(10(2)28-18(24-9)26-17(27-28)19(21,22)23)3-4-16(29)25-13-8-15-14(7-12(13)20)30-5-6-31-15/h7-8H,3-6H2,1-2H3,(H,25,29). The molecule has 0 saturated heterocycles. The van der Waals surface area contributed by atoms with Crippen LogP contribution in [-0.2, 0) is 17.4 Å². The van der Waals surface area contributed by atoms with Crippen molar-refractivity contribution in [3.63, 3.8) is 0 Å². The van der Waals surface area contributed by atoms with Crippen molar-refractivity contribution in [1.82, 2.24) is 19.6 Å². The Labute approximate surface area is 179 Å². The van der Waals surface area contributed by atoms with E-state index < -0.39 is 12.0 Å². The van der Waals surface area contributed by atoms with Crippen LogP contribution in [0, 0.1) is 13.8 Å². The molecule has 0 unspecified atom stereocenters. The second-order valence-corrected chi connectivity index (χ2v) is 7.34. The number of hydrogen-bond acceptors (Lipinski definition) is 6. The third kappa shape index (κ3) is 4.22. The molecule has 12 heteroatoms. The first-order valence-electron chi connectivity index (χ1n) is 9.32. The summed E-state index contributed by atoms with van der Waals surface area (Å²) in [7, 11) is 0. The smallest absolute Gasteiger partial charge is 0.453 e. The largest absolute Gasteiger partial charge is 0.486 e. The SMILES string of the molecule is Cc1nc2nc(C(F)(F)F)nn2c(C)c1CCC(=O)Nc1cc2c(cc1Cl)OCCO2. The molecule has 1 N–H and O–H groups in total. The first-order chi connectivity index (χ1) is 14.6. The summed E-state index contributed by atoms with van der Waals surface area (Å²) in [6, 6.07) is 3.16. The Bertz CT molecular complexity index is 1180. The topological polar surface area (TPSA) is 90.6 Å². The van der Waals surface area contributed by atoms with Crippen molar-refractivity contribution in [3.8, 4) is 11.5 Å². The van der Waals surface area contributed by atoms with Crippen LogP contribution in [0.3, 0.4) is 0 Å². The van der Waals surface area contributed by atoms with Crippen molar-refractivity contribution < 1.29 is 27.4 Å². The van der Waals surface area contributed by atoms with Gasteiger partial charge in [0.05, 0.1) is 10.7 Å². The highest BCUT2D eigenvalue weighted by Gasteiger charge is 2.37. The number of fused-ring (bicyclic) bond motifs is 2. The van der Waals surface area contributed by atoms with Gasteiger partial charge in [0, 0.05) is 29.9 Å². The number of carbonyl (C=O) groups is 1. The number of anilines is 1. The summed E-state index contributed by atoms with van der Waals surface area (Å²) < 4.78 is 50.7. The highest BCUT2D eigenvalue weighted by molar-refractivity contribution is 6.34. The number of rotatable bonds is 4. The van der Waals surface area contributed by atoms with Crippen LogP contribution in [0.4, 0.5) is 18.9 Å². The molecule has 3 heterocycles. The maximum atomic E-state index is 12.9. The first kappa shape index (κ1) is 21.2. The summed E-state index contributed by atoms with van der Waals surface area (Å²) in [5, 5.41) is 6.53. The van der Waals surface area contributed by atoms with Crippen molar-refractivity contribution in [1.29, 1.82) is 0 Å². The number of ether oxygens (including phenoxy) is 2. The molecule has 0 saturated carbocycles. The van der Waals surface area contributed by atoms with Crippen LogP contribution >= 0.6 is 11.6 Å². The van der Waals surface area contributed by atoms with Crippen LogP contribution in [0.5, 0.6) is 11.5 Å². The predicted molar refractivity (Wildman–Crippen MR) is 105 cm³/mol. The average Bonchev–Trinajstić information content (AvgIpc) is 3.13. The summed E-state index contributed by atoms with van der Waals surface area (Å²) in [5.74, 6) is -0.735. The van der Waals surface area contributed by atoms with Gasteiger partial charge < -0.3 is 14.8 Å². The fourth-order valence-electron chi connectivity index (χ4n) is 3.30. The maximum Gasteiger partial charge on any atom is 0.453 e. The van der Waals surface area contributed by atoms with E-state index in [-0.39, 0.29) is 24.5 Å². The zero-order chi connectivity index (χ0) is 22.3. The van der Waals surface area contributed by atoms with Gasteiger partial charge in [0.25, 0.3) is 11.6 Å². The number of carbonyl (C=O) groups excluding carboxylic acids is 1. The van der Waals surface area contributed by atoms with Crippen LogP contribution in [0.1, 0.15) is 29.2 Å². The number of alkyl halides is 3. The Morgan fingerprint density at radius 3 is 2.55 bits per heavy atom. The van der Waals surface area contributed by atoms with E-state index in [4.69, 9.17) is 21.1 Å². The number of aryl methyl sites for hydroxylation is 2. The van der Waals surface area contributed by atoms with Gasteiger partial charge in [0.1, 0.15) is 13.2 Å². The van der Waals surface area contributed by atoms with Crippen LogP contribution in [0.15, 0.2) is 12.1 Å². The Morgan fingerprint density at radius 2 is 1.87 bits per heavy atom. The predicted octanol–water partition coefficient (Wildman–Crippen LogP) is 3.76. The van der Waals surface area contributed by atoms with E-state index in [0.717, 1.165) is 4.52 Å². The Kier molecular flexibility index (Phi) is 5.38. The van der Waals surface area contributed by atoms with E-state index in [1.54, 1.807) is 26.0 Å². The van der Waals surface area contributed by atoms with Gasteiger partial charge in [-0.2, -0.15) is 18.2 Å². The summed E-state index contributed by atoms with van der Waals surface area (Å²) in [4.78, 5) is 20.0. The van der Waals surface area contributed by atoms with Crippen molar-refractivity contribution in [2.24, 2.45) is 0 Å². The number of nitrogens with zero attached hydrogens (tertiary/aromatic N) is 4. The number of nitrogens with one attached hydrogen (secondary N) is 1. The third-order valence-electron chi connectivity index (χ3n) is 4.81. The molecule has 1 aromatic carbocycles. The molecule has 0 atom stereocenters. The molecule has 0 radical (unpaired) electrons. The maximum absolute atomic E-state index is 12.9. The molecule has 1 aliphatic rings. The molecule has 0 fully saturated rings. The van der Waals surface area contributed by atoms with E-state index >= 15 is 0 Å². The summed E-state index contributed by atoms with van der Waals surface area (Å²) in [6.07, 6.45) is -4.37. The molecule has 0 aliphatic carbocycles. The lowest BCUT2D eigenvalue weighted by Gasteiger charge is -2.20. The minimum Gasteiger partial charge on any atom is -0.486 e. The molecular formula is C19H17ClF3N5O3. The van der Waals surface area contributed by atoms with Crippen molar-refractivity contribution in [2.75, 3.05) is 18.5 Å². The summed E-state index contributed by atoms with van der Waals surface area (Å²) >= 11 is 6.21. The highest BCUT2D eigenvalue weighted by Crippen LogP contribution is 2.38. The number of hydrogen-bond donors (Lipinski definition) is 1. The van der Waals surface area contributed by atoms with E-state index in [0.29, 0.717) is 52.4 Å². The molecule has 3 aromatic rings. The van der Waals surface area contributed by atoms with Gasteiger partial charge in [-0.3, -0.25) is 4.79 Å². The minimum atomic E-state index is -4.67. The van der Waals surface area contributed by atoms with Crippen LogP contribution in [-0.4, -0.2) is 38.7 Å². The van der Waals surface area contributed by atoms with Crippen LogP contribution in [0.25, 0.3) is 5.78 Å². The van der Waals surface area contributed by atoms with Gasteiger partial charge in [-0.15, -0.1) is 5.10 Å². The van der Waals surface area contributed by atoms with Gasteiger partial charge in [-0.1, -0.05) is 11.6 Å². The number of amides is 1. The lowest BCUT2D eigenvalue weighted by Crippen LogP contribution is -2.17. The third-order valence-corrected chi connectivity index (χ3v) is 5.12. The van der Waals surface area contributed by atoms with Crippen LogP contribution in [0.2, 0.25) is 5.02 Å². The monoisotopic (exact) mass is 455 g/mol. The Morgan fingerprint density at radius 1 is 1.19 bits per heavy atom. The molecule has 1 aliphatic heterocycles. The minimum absolute atomic E-state index is 0.0560. The molecule has 4 rings (SSSR count). The molecule has 2 aromatic heterocycles.